The Morgan fingerprint density at radius 1 is 1.45 bits per heavy atom. The van der Waals surface area contributed by atoms with Gasteiger partial charge in [-0.2, -0.15) is 0 Å². The highest BCUT2D eigenvalue weighted by atomic mass is 16.6. The SMILES string of the molecule is Cc1ccc(C(O)C2CN(C(=O)OC(C)(C)C)C2)cn1. The van der Waals surface area contributed by atoms with Crippen molar-refractivity contribution in [3.8, 4) is 0 Å². The predicted octanol–water partition coefficient (Wildman–Crippen LogP) is 2.29. The summed E-state index contributed by atoms with van der Waals surface area (Å²) in [5.41, 5.74) is 1.23. The Kier molecular flexibility index (Phi) is 3.99. The average Bonchev–Trinajstić information content (AvgIpc) is 2.25. The van der Waals surface area contributed by atoms with E-state index >= 15 is 0 Å². The van der Waals surface area contributed by atoms with E-state index in [1.807, 2.05) is 39.8 Å². The van der Waals surface area contributed by atoms with E-state index in [1.165, 1.54) is 0 Å². The molecule has 0 radical (unpaired) electrons. The summed E-state index contributed by atoms with van der Waals surface area (Å²) < 4.78 is 5.28. The van der Waals surface area contributed by atoms with Gasteiger partial charge in [0.2, 0.25) is 0 Å². The molecule has 20 heavy (non-hydrogen) atoms. The van der Waals surface area contributed by atoms with E-state index in [9.17, 15) is 9.90 Å². The summed E-state index contributed by atoms with van der Waals surface area (Å²) in [6.45, 7) is 8.47. The third-order valence-electron chi connectivity index (χ3n) is 3.28. The lowest BCUT2D eigenvalue weighted by Gasteiger charge is -2.41. The molecule has 1 N–H and O–H groups in total. The summed E-state index contributed by atoms with van der Waals surface area (Å²) in [6, 6.07) is 3.76. The Balaban J connectivity index is 1.87. The zero-order chi connectivity index (χ0) is 14.9. The van der Waals surface area contributed by atoms with E-state index in [0.717, 1.165) is 11.3 Å². The van der Waals surface area contributed by atoms with E-state index in [4.69, 9.17) is 4.74 Å². The zero-order valence-corrected chi connectivity index (χ0v) is 12.5. The maximum Gasteiger partial charge on any atom is 0.410 e. The second-order valence-electron chi connectivity index (χ2n) is 6.32. The van der Waals surface area contributed by atoms with Crippen molar-refractivity contribution >= 4 is 6.09 Å². The molecule has 1 aliphatic rings. The van der Waals surface area contributed by atoms with Crippen LogP contribution in [0.5, 0.6) is 0 Å². The number of carbonyl (C=O) groups excluding carboxylic acids is 1. The summed E-state index contributed by atoms with van der Waals surface area (Å²) >= 11 is 0. The first kappa shape index (κ1) is 14.8. The topological polar surface area (TPSA) is 62.7 Å². The number of rotatable bonds is 2. The van der Waals surface area contributed by atoms with Crippen molar-refractivity contribution in [2.75, 3.05) is 13.1 Å². The Bertz CT molecular complexity index is 473. The quantitative estimate of drug-likeness (QED) is 0.901. The number of aliphatic hydroxyl groups is 1. The average molecular weight is 278 g/mol. The number of hydrogen-bond donors (Lipinski definition) is 1. The number of ether oxygens (including phenoxy) is 1. The molecule has 1 aromatic heterocycles. The number of nitrogens with zero attached hydrogens (tertiary/aromatic N) is 2. The molecule has 0 spiro atoms. The fraction of sp³-hybridized carbons (Fsp3) is 0.600. The first-order valence-corrected chi connectivity index (χ1v) is 6.85. The van der Waals surface area contributed by atoms with Gasteiger partial charge in [-0.15, -0.1) is 0 Å². The van der Waals surface area contributed by atoms with Crippen molar-refractivity contribution in [1.82, 2.24) is 9.88 Å². The molecule has 0 aliphatic carbocycles. The lowest BCUT2D eigenvalue weighted by atomic mass is 9.90. The minimum Gasteiger partial charge on any atom is -0.444 e. The molecule has 2 heterocycles. The summed E-state index contributed by atoms with van der Waals surface area (Å²) in [5, 5.41) is 10.2. The van der Waals surface area contributed by atoms with E-state index in [-0.39, 0.29) is 12.0 Å². The van der Waals surface area contributed by atoms with Crippen LogP contribution in [0.15, 0.2) is 18.3 Å². The zero-order valence-electron chi connectivity index (χ0n) is 12.5. The molecule has 5 nitrogen and oxygen atoms in total. The Labute approximate surface area is 119 Å². The first-order chi connectivity index (χ1) is 9.26. The minimum absolute atomic E-state index is 0.0482. The standard InChI is InChI=1S/C15H22N2O3/c1-10-5-6-11(7-16-10)13(18)12-8-17(9-12)14(19)20-15(2,3)4/h5-7,12-13,18H,8-9H2,1-4H3. The lowest BCUT2D eigenvalue weighted by Crippen LogP contribution is -2.53. The van der Waals surface area contributed by atoms with E-state index in [1.54, 1.807) is 11.1 Å². The smallest absolute Gasteiger partial charge is 0.410 e. The summed E-state index contributed by atoms with van der Waals surface area (Å²) in [5.74, 6) is 0.0482. The van der Waals surface area contributed by atoms with E-state index < -0.39 is 11.7 Å². The third kappa shape index (κ3) is 3.48. The largest absolute Gasteiger partial charge is 0.444 e. The van der Waals surface area contributed by atoms with Crippen molar-refractivity contribution in [2.24, 2.45) is 5.92 Å². The van der Waals surface area contributed by atoms with Crippen LogP contribution in [-0.4, -0.2) is 39.8 Å². The van der Waals surface area contributed by atoms with Gasteiger partial charge in [0.15, 0.2) is 0 Å². The van der Waals surface area contributed by atoms with Gasteiger partial charge in [-0.1, -0.05) is 6.07 Å². The number of hydrogen-bond acceptors (Lipinski definition) is 4. The van der Waals surface area contributed by atoms with Crippen molar-refractivity contribution in [3.05, 3.63) is 29.6 Å². The fourth-order valence-electron chi connectivity index (χ4n) is 2.11. The van der Waals surface area contributed by atoms with Gasteiger partial charge in [-0.3, -0.25) is 4.98 Å². The Morgan fingerprint density at radius 2 is 2.10 bits per heavy atom. The molecule has 5 heteroatoms. The maximum absolute atomic E-state index is 11.8. The van der Waals surface area contributed by atoms with E-state index in [0.29, 0.717) is 13.1 Å². The van der Waals surface area contributed by atoms with Gasteiger partial charge in [-0.05, 0) is 39.3 Å². The molecule has 1 aromatic rings. The second-order valence-corrected chi connectivity index (χ2v) is 6.32. The van der Waals surface area contributed by atoms with Gasteiger partial charge in [0.1, 0.15) is 5.60 Å². The third-order valence-corrected chi connectivity index (χ3v) is 3.28. The van der Waals surface area contributed by atoms with Crippen molar-refractivity contribution < 1.29 is 14.6 Å². The van der Waals surface area contributed by atoms with Gasteiger partial charge in [-0.25, -0.2) is 4.79 Å². The molecule has 1 amide bonds. The van der Waals surface area contributed by atoms with Crippen molar-refractivity contribution in [1.29, 1.82) is 0 Å². The molecule has 0 saturated carbocycles. The van der Waals surface area contributed by atoms with Gasteiger partial charge in [0.25, 0.3) is 0 Å². The highest BCUT2D eigenvalue weighted by molar-refractivity contribution is 5.69. The number of aryl methyl sites for hydroxylation is 1. The summed E-state index contributed by atoms with van der Waals surface area (Å²) in [7, 11) is 0. The molecule has 1 unspecified atom stereocenters. The predicted molar refractivity (Wildman–Crippen MR) is 75.2 cm³/mol. The number of aliphatic hydroxyl groups excluding tert-OH is 1. The molecule has 0 aromatic carbocycles. The van der Waals surface area contributed by atoms with Crippen LogP contribution in [0, 0.1) is 12.8 Å². The lowest BCUT2D eigenvalue weighted by molar-refractivity contribution is -0.0315. The molecule has 0 bridgehead atoms. The number of pyridine rings is 1. The Hall–Kier alpha value is -1.62. The van der Waals surface area contributed by atoms with Crippen LogP contribution in [0.3, 0.4) is 0 Å². The molecule has 1 fully saturated rings. The number of aromatic nitrogens is 1. The minimum atomic E-state index is -0.582. The van der Waals surface area contributed by atoms with Crippen LogP contribution in [-0.2, 0) is 4.74 Å². The molecular weight excluding hydrogens is 256 g/mol. The number of carbonyl (C=O) groups is 1. The van der Waals surface area contributed by atoms with Crippen molar-refractivity contribution in [2.45, 2.75) is 39.4 Å². The maximum atomic E-state index is 11.8. The highest BCUT2D eigenvalue weighted by Gasteiger charge is 2.38. The number of likely N-dealkylation sites (tertiary alicyclic amines) is 1. The van der Waals surface area contributed by atoms with Crippen LogP contribution in [0.4, 0.5) is 4.79 Å². The van der Waals surface area contributed by atoms with Gasteiger partial charge in [0, 0.05) is 30.9 Å². The summed E-state index contributed by atoms with van der Waals surface area (Å²) in [4.78, 5) is 17.6. The first-order valence-electron chi connectivity index (χ1n) is 6.85. The van der Waals surface area contributed by atoms with Crippen molar-refractivity contribution in [3.63, 3.8) is 0 Å². The molecule has 110 valence electrons. The highest BCUT2D eigenvalue weighted by Crippen LogP contribution is 2.30. The van der Waals surface area contributed by atoms with Gasteiger partial charge >= 0.3 is 6.09 Å². The monoisotopic (exact) mass is 278 g/mol. The normalized spacial score (nSPS) is 17.6. The van der Waals surface area contributed by atoms with Gasteiger partial charge < -0.3 is 14.7 Å². The molecule has 1 aliphatic heterocycles. The molecule has 1 atom stereocenters. The van der Waals surface area contributed by atoms with Crippen LogP contribution < -0.4 is 0 Å². The van der Waals surface area contributed by atoms with Gasteiger partial charge in [0.05, 0.1) is 6.10 Å². The molecular formula is C15H22N2O3. The van der Waals surface area contributed by atoms with Crippen LogP contribution in [0.1, 0.15) is 38.1 Å². The molecule has 1 saturated heterocycles. The summed E-state index contributed by atoms with van der Waals surface area (Å²) in [6.07, 6.45) is 0.792. The molecule has 2 rings (SSSR count). The second kappa shape index (κ2) is 5.40. The van der Waals surface area contributed by atoms with Crippen LogP contribution in [0.2, 0.25) is 0 Å². The van der Waals surface area contributed by atoms with Crippen LogP contribution in [0.25, 0.3) is 0 Å². The van der Waals surface area contributed by atoms with E-state index in [2.05, 4.69) is 4.98 Å². The Morgan fingerprint density at radius 3 is 2.60 bits per heavy atom. The fourth-order valence-corrected chi connectivity index (χ4v) is 2.11. The number of amides is 1. The van der Waals surface area contributed by atoms with Crippen LogP contribution >= 0.6 is 0 Å².